The quantitative estimate of drug-likeness (QED) is 0.360. The summed E-state index contributed by atoms with van der Waals surface area (Å²) in [5.74, 6) is 1.28. The molecule has 2 saturated heterocycles. The molecule has 1 aromatic rings. The van der Waals surface area contributed by atoms with Crippen molar-refractivity contribution < 1.29 is 18.4 Å². The third kappa shape index (κ3) is 6.62. The molecule has 5 heterocycles. The molecule has 3 unspecified atom stereocenters. The number of nitrogens with one attached hydrogen (secondary N) is 2. The second-order valence-corrected chi connectivity index (χ2v) is 14.1. The number of hydrogen-bond donors (Lipinski definition) is 3. The molecule has 4 N–H and O–H groups in total. The van der Waals surface area contributed by atoms with Crippen LogP contribution in [-0.4, -0.2) is 96.7 Å². The molecular formula is C34H52F2N8O2. The first-order valence-corrected chi connectivity index (χ1v) is 17.4. The van der Waals surface area contributed by atoms with E-state index in [2.05, 4.69) is 20.2 Å². The van der Waals surface area contributed by atoms with Crippen LogP contribution in [0, 0.1) is 17.8 Å². The fourth-order valence-corrected chi connectivity index (χ4v) is 8.31. The maximum absolute atomic E-state index is 14.7. The molecule has 46 heavy (non-hydrogen) atoms. The van der Waals surface area contributed by atoms with E-state index in [1.165, 1.54) is 5.57 Å². The van der Waals surface area contributed by atoms with Crippen LogP contribution >= 0.6 is 0 Å². The van der Waals surface area contributed by atoms with Gasteiger partial charge in [-0.25, -0.2) is 8.78 Å². The lowest BCUT2D eigenvalue weighted by molar-refractivity contribution is -0.133. The molecule has 5 aliphatic rings. The Balaban J connectivity index is 1.28. The Morgan fingerprint density at radius 1 is 1.13 bits per heavy atom. The Morgan fingerprint density at radius 2 is 1.89 bits per heavy atom. The molecule has 2 amide bonds. The Bertz CT molecular complexity index is 1340. The van der Waals surface area contributed by atoms with Crippen molar-refractivity contribution in [3.05, 3.63) is 34.2 Å². The number of aromatic nitrogens is 2. The highest BCUT2D eigenvalue weighted by molar-refractivity contribution is 5.76. The van der Waals surface area contributed by atoms with Crippen LogP contribution < -0.4 is 21.3 Å². The Hall–Kier alpha value is -2.83. The maximum Gasteiger partial charge on any atom is 0.260 e. The fraction of sp³-hybridized carbons (Fsp3) is 0.735. The van der Waals surface area contributed by atoms with Gasteiger partial charge in [0.25, 0.3) is 6.43 Å². The van der Waals surface area contributed by atoms with Gasteiger partial charge < -0.3 is 31.1 Å². The minimum atomic E-state index is -2.57. The molecule has 2 fully saturated rings. The van der Waals surface area contributed by atoms with Gasteiger partial charge in [-0.1, -0.05) is 0 Å². The highest BCUT2D eigenvalue weighted by Gasteiger charge is 2.40. The number of likely N-dealkylation sites (tertiary alicyclic amines) is 1. The number of amides is 2. The zero-order valence-electron chi connectivity index (χ0n) is 27.7. The van der Waals surface area contributed by atoms with Gasteiger partial charge >= 0.3 is 0 Å². The second kappa shape index (κ2) is 14.1. The molecule has 4 aliphatic heterocycles. The van der Waals surface area contributed by atoms with E-state index in [1.54, 1.807) is 13.0 Å². The van der Waals surface area contributed by atoms with E-state index < -0.39 is 6.43 Å². The summed E-state index contributed by atoms with van der Waals surface area (Å²) in [6.45, 7) is 9.35. The highest BCUT2D eigenvalue weighted by atomic mass is 19.3. The molecule has 0 spiro atoms. The minimum Gasteiger partial charge on any atom is -0.343 e. The van der Waals surface area contributed by atoms with Crippen molar-refractivity contribution in [2.75, 3.05) is 57.8 Å². The van der Waals surface area contributed by atoms with Crippen LogP contribution in [0.15, 0.2) is 22.9 Å². The third-order valence-electron chi connectivity index (χ3n) is 11.2. The van der Waals surface area contributed by atoms with Crippen molar-refractivity contribution in [3.63, 3.8) is 0 Å². The number of hydrogen-bond acceptors (Lipinski definition) is 7. The van der Waals surface area contributed by atoms with Crippen LogP contribution in [0.25, 0.3) is 0 Å². The van der Waals surface area contributed by atoms with Gasteiger partial charge in [0.2, 0.25) is 11.8 Å². The highest BCUT2D eigenvalue weighted by Crippen LogP contribution is 2.45. The maximum atomic E-state index is 14.7. The van der Waals surface area contributed by atoms with E-state index in [0.717, 1.165) is 68.0 Å². The number of allylic oxidation sites excluding steroid dienone is 3. The van der Waals surface area contributed by atoms with Crippen molar-refractivity contribution in [1.29, 1.82) is 0 Å². The summed E-state index contributed by atoms with van der Waals surface area (Å²) in [5, 5.41) is 11.7. The number of carbonyl (C=O) groups excluding carboxylic acids is 2. The zero-order valence-corrected chi connectivity index (χ0v) is 27.7. The van der Waals surface area contributed by atoms with Gasteiger partial charge in [-0.05, 0) is 102 Å². The average molecular weight is 643 g/mol. The van der Waals surface area contributed by atoms with Gasteiger partial charge in [0.05, 0.1) is 12.6 Å². The normalized spacial score (nSPS) is 24.0. The Labute approximate surface area is 271 Å². The van der Waals surface area contributed by atoms with E-state index in [-0.39, 0.29) is 41.3 Å². The molecule has 1 aliphatic carbocycles. The summed E-state index contributed by atoms with van der Waals surface area (Å²) >= 11 is 0. The molecule has 254 valence electrons. The molecule has 0 radical (unpaired) electrons. The van der Waals surface area contributed by atoms with Crippen molar-refractivity contribution in [1.82, 2.24) is 30.2 Å². The van der Waals surface area contributed by atoms with Crippen LogP contribution in [0.1, 0.15) is 76.1 Å². The van der Waals surface area contributed by atoms with Gasteiger partial charge in [-0.2, -0.15) is 5.10 Å². The summed E-state index contributed by atoms with van der Waals surface area (Å²) < 4.78 is 31.6. The van der Waals surface area contributed by atoms with Gasteiger partial charge in [0.1, 0.15) is 0 Å². The summed E-state index contributed by atoms with van der Waals surface area (Å²) in [5.41, 5.74) is 10.7. The summed E-state index contributed by atoms with van der Waals surface area (Å²) in [6, 6.07) is -0.0655. The summed E-state index contributed by atoms with van der Waals surface area (Å²) in [7, 11) is 1.84. The molecule has 0 saturated carbocycles. The van der Waals surface area contributed by atoms with Crippen LogP contribution in [-0.2, 0) is 22.6 Å². The van der Waals surface area contributed by atoms with E-state index >= 15 is 0 Å². The lowest BCUT2D eigenvalue weighted by atomic mass is 9.73. The number of halogens is 2. The molecule has 1 aromatic heterocycles. The van der Waals surface area contributed by atoms with Crippen molar-refractivity contribution >= 4 is 17.6 Å². The number of nitrogens with two attached hydrogens (primary N) is 1. The van der Waals surface area contributed by atoms with Crippen LogP contribution in [0.5, 0.6) is 0 Å². The van der Waals surface area contributed by atoms with Crippen molar-refractivity contribution in [2.45, 2.75) is 90.3 Å². The van der Waals surface area contributed by atoms with Crippen molar-refractivity contribution in [2.24, 2.45) is 23.5 Å². The first kappa shape index (κ1) is 33.1. The lowest BCUT2D eigenvalue weighted by Crippen LogP contribution is -2.43. The fourth-order valence-electron chi connectivity index (χ4n) is 8.31. The Kier molecular flexibility index (Phi) is 10.1. The van der Waals surface area contributed by atoms with E-state index in [0.29, 0.717) is 64.4 Å². The molecule has 0 bridgehead atoms. The first-order chi connectivity index (χ1) is 22.2. The van der Waals surface area contributed by atoms with Crippen LogP contribution in [0.4, 0.5) is 14.6 Å². The van der Waals surface area contributed by atoms with Gasteiger partial charge in [-0.3, -0.25) is 14.3 Å². The molecule has 0 aromatic carbocycles. The average Bonchev–Trinajstić information content (AvgIpc) is 3.40. The van der Waals surface area contributed by atoms with Gasteiger partial charge in [-0.15, -0.1) is 0 Å². The van der Waals surface area contributed by atoms with Crippen molar-refractivity contribution in [3.8, 4) is 0 Å². The topological polar surface area (TPSA) is 112 Å². The third-order valence-corrected chi connectivity index (χ3v) is 11.2. The first-order valence-electron chi connectivity index (χ1n) is 17.4. The SMILES string of the molecule is CNCC(C(C)N)C1CC2=C(C=C1C(F)F)N(c1nn(C3CCN(C(=O)CCC4CNC4)CC3)c3c1CN(C(C)=O)CC3)CCC2. The number of piperidine rings is 1. The standard InChI is InChI=1S/C34H52F2N8O2/c1-21(37)28(19-38-3)26-15-24-5-4-11-43(31(24)16-27(26)33(35)36)34-29-20-42(22(2)45)14-10-30(29)44(40-34)25-8-12-41(13-9-25)32(46)7-6-23-17-39-18-23/h16,21,23,25-26,28,33,38-39H,4-15,17-20,37H2,1-3H3. The predicted molar refractivity (Wildman–Crippen MR) is 174 cm³/mol. The largest absolute Gasteiger partial charge is 0.343 e. The lowest BCUT2D eigenvalue weighted by Gasteiger charge is -2.40. The predicted octanol–water partition coefficient (Wildman–Crippen LogP) is 3.20. The molecule has 10 nitrogen and oxygen atoms in total. The van der Waals surface area contributed by atoms with Crippen LogP contribution in [0.2, 0.25) is 0 Å². The number of nitrogens with zero attached hydrogens (tertiary/aromatic N) is 5. The monoisotopic (exact) mass is 642 g/mol. The molecule has 6 rings (SSSR count). The molecule has 3 atom stereocenters. The van der Waals surface area contributed by atoms with Gasteiger partial charge in [0, 0.05) is 74.5 Å². The Morgan fingerprint density at radius 3 is 2.52 bits per heavy atom. The van der Waals surface area contributed by atoms with Crippen LogP contribution in [0.3, 0.4) is 0 Å². The number of carbonyl (C=O) groups is 2. The number of anilines is 1. The van der Waals surface area contributed by atoms with E-state index in [1.807, 2.05) is 23.8 Å². The summed E-state index contributed by atoms with van der Waals surface area (Å²) in [4.78, 5) is 31.5. The van der Waals surface area contributed by atoms with E-state index in [9.17, 15) is 18.4 Å². The smallest absolute Gasteiger partial charge is 0.260 e. The minimum absolute atomic E-state index is 0.0271. The molecular weight excluding hydrogens is 590 g/mol. The number of fused-ring (bicyclic) bond motifs is 1. The molecule has 12 heteroatoms. The number of rotatable bonds is 10. The van der Waals surface area contributed by atoms with Gasteiger partial charge in [0.15, 0.2) is 5.82 Å². The number of alkyl halides is 2. The summed E-state index contributed by atoms with van der Waals surface area (Å²) in [6.07, 6.45) is 5.44. The second-order valence-electron chi connectivity index (χ2n) is 14.1. The zero-order chi connectivity index (χ0) is 32.5. The van der Waals surface area contributed by atoms with E-state index in [4.69, 9.17) is 10.8 Å².